The van der Waals surface area contributed by atoms with Gasteiger partial charge in [-0.2, -0.15) is 0 Å². The predicted octanol–water partition coefficient (Wildman–Crippen LogP) is 1.87. The fourth-order valence-corrected chi connectivity index (χ4v) is 2.23. The number of aromatic hydroxyl groups is 1. The molecule has 120 valence electrons. The zero-order chi connectivity index (χ0) is 16.9. The van der Waals surface area contributed by atoms with Gasteiger partial charge in [0.15, 0.2) is 0 Å². The summed E-state index contributed by atoms with van der Waals surface area (Å²) in [4.78, 5) is 28.3. The monoisotopic (exact) mass is 321 g/mol. The van der Waals surface area contributed by atoms with E-state index < -0.39 is 5.56 Å². The Kier molecular flexibility index (Phi) is 4.38. The topological polar surface area (TPSA) is 84.2 Å². The van der Waals surface area contributed by atoms with E-state index >= 15 is 0 Å². The molecule has 0 atom stereocenters. The van der Waals surface area contributed by atoms with Crippen LogP contribution in [0.25, 0.3) is 5.82 Å². The van der Waals surface area contributed by atoms with Crippen LogP contribution in [0.1, 0.15) is 15.9 Å². The van der Waals surface area contributed by atoms with Crippen LogP contribution < -0.4 is 10.9 Å². The van der Waals surface area contributed by atoms with Crippen LogP contribution in [0.2, 0.25) is 0 Å². The molecule has 3 rings (SSSR count). The first-order chi connectivity index (χ1) is 11.6. The predicted molar refractivity (Wildman–Crippen MR) is 89.1 cm³/mol. The van der Waals surface area contributed by atoms with Gasteiger partial charge in [-0.15, -0.1) is 0 Å². The van der Waals surface area contributed by atoms with E-state index in [1.165, 1.54) is 29.1 Å². The first-order valence-electron chi connectivity index (χ1n) is 7.34. The molecule has 0 bridgehead atoms. The molecule has 0 aliphatic carbocycles. The fourth-order valence-electron chi connectivity index (χ4n) is 2.23. The molecule has 0 aliphatic heterocycles. The highest BCUT2D eigenvalue weighted by atomic mass is 16.3. The van der Waals surface area contributed by atoms with Crippen LogP contribution in [0.15, 0.2) is 71.8 Å². The highest BCUT2D eigenvalue weighted by Gasteiger charge is 2.09. The zero-order valence-electron chi connectivity index (χ0n) is 12.7. The Morgan fingerprint density at radius 2 is 1.92 bits per heavy atom. The molecule has 0 spiro atoms. The van der Waals surface area contributed by atoms with E-state index in [1.807, 2.05) is 30.3 Å². The molecule has 0 saturated heterocycles. The lowest BCUT2D eigenvalue weighted by Crippen LogP contribution is -2.23. The number of amides is 1. The molecular formula is C18H15N3O3. The standard InChI is InChI=1S/C18H15N3O3/c22-15-7-9-21(17(23)11-15)16-10-14(6-8-19-16)18(24)20-12-13-4-2-1-3-5-13/h1-11,22H,12H2,(H,20,24). The molecule has 0 saturated carbocycles. The maximum absolute atomic E-state index is 12.3. The van der Waals surface area contributed by atoms with E-state index in [4.69, 9.17) is 0 Å². The minimum absolute atomic E-state index is 0.118. The molecule has 3 aromatic rings. The number of pyridine rings is 2. The summed E-state index contributed by atoms with van der Waals surface area (Å²) in [6, 6.07) is 15.1. The highest BCUT2D eigenvalue weighted by Crippen LogP contribution is 2.09. The summed E-state index contributed by atoms with van der Waals surface area (Å²) in [6.07, 6.45) is 2.87. The Morgan fingerprint density at radius 1 is 1.12 bits per heavy atom. The summed E-state index contributed by atoms with van der Waals surface area (Å²) in [5, 5.41) is 12.1. The molecule has 2 aromatic heterocycles. The smallest absolute Gasteiger partial charge is 0.259 e. The van der Waals surface area contributed by atoms with Gasteiger partial charge in [-0.25, -0.2) is 4.98 Å². The largest absolute Gasteiger partial charge is 0.508 e. The van der Waals surface area contributed by atoms with Crippen molar-refractivity contribution in [2.45, 2.75) is 6.54 Å². The number of benzene rings is 1. The number of hydrogen-bond acceptors (Lipinski definition) is 4. The molecule has 6 nitrogen and oxygen atoms in total. The summed E-state index contributed by atoms with van der Waals surface area (Å²) in [5.41, 5.74) is 0.968. The second-order valence-electron chi connectivity index (χ2n) is 5.16. The van der Waals surface area contributed by atoms with Gasteiger partial charge in [0.25, 0.3) is 11.5 Å². The van der Waals surface area contributed by atoms with Gasteiger partial charge in [0, 0.05) is 30.6 Å². The van der Waals surface area contributed by atoms with Crippen LogP contribution in [-0.4, -0.2) is 20.6 Å². The van der Waals surface area contributed by atoms with Gasteiger partial charge < -0.3 is 10.4 Å². The average molecular weight is 321 g/mol. The van der Waals surface area contributed by atoms with E-state index in [-0.39, 0.29) is 11.7 Å². The van der Waals surface area contributed by atoms with Crippen LogP contribution in [0, 0.1) is 0 Å². The van der Waals surface area contributed by atoms with E-state index in [9.17, 15) is 14.7 Å². The zero-order valence-corrected chi connectivity index (χ0v) is 12.7. The Labute approximate surface area is 138 Å². The Hall–Kier alpha value is -3.41. The van der Waals surface area contributed by atoms with Crippen molar-refractivity contribution in [3.63, 3.8) is 0 Å². The second kappa shape index (κ2) is 6.78. The molecule has 0 aliphatic rings. The molecule has 0 fully saturated rings. The third-order valence-corrected chi connectivity index (χ3v) is 3.45. The molecule has 1 amide bonds. The van der Waals surface area contributed by atoms with Gasteiger partial charge >= 0.3 is 0 Å². The van der Waals surface area contributed by atoms with Crippen LogP contribution >= 0.6 is 0 Å². The van der Waals surface area contributed by atoms with Crippen molar-refractivity contribution in [2.75, 3.05) is 0 Å². The summed E-state index contributed by atoms with van der Waals surface area (Å²) < 4.78 is 1.26. The molecule has 1 aromatic carbocycles. The third kappa shape index (κ3) is 3.49. The van der Waals surface area contributed by atoms with Crippen molar-refractivity contribution in [3.05, 3.63) is 88.5 Å². The lowest BCUT2D eigenvalue weighted by molar-refractivity contribution is 0.0950. The third-order valence-electron chi connectivity index (χ3n) is 3.45. The number of carbonyl (C=O) groups is 1. The molecule has 0 unspecified atom stereocenters. The molecule has 6 heteroatoms. The van der Waals surface area contributed by atoms with Crippen molar-refractivity contribution in [1.82, 2.24) is 14.9 Å². The lowest BCUT2D eigenvalue weighted by Gasteiger charge is -2.08. The maximum atomic E-state index is 12.3. The van der Waals surface area contributed by atoms with Gasteiger partial charge in [0.1, 0.15) is 11.6 Å². The van der Waals surface area contributed by atoms with Crippen LogP contribution in [0.4, 0.5) is 0 Å². The normalized spacial score (nSPS) is 10.3. The maximum Gasteiger partial charge on any atom is 0.259 e. The van der Waals surface area contributed by atoms with E-state index in [0.29, 0.717) is 17.9 Å². The number of carbonyl (C=O) groups excluding carboxylic acids is 1. The molecule has 2 heterocycles. The Bertz CT molecular complexity index is 920. The number of aromatic nitrogens is 2. The first-order valence-corrected chi connectivity index (χ1v) is 7.34. The quantitative estimate of drug-likeness (QED) is 0.768. The number of rotatable bonds is 4. The fraction of sp³-hybridized carbons (Fsp3) is 0.0556. The number of hydrogen-bond donors (Lipinski definition) is 2. The Morgan fingerprint density at radius 3 is 2.67 bits per heavy atom. The van der Waals surface area contributed by atoms with Gasteiger partial charge in [0.05, 0.1) is 0 Å². The lowest BCUT2D eigenvalue weighted by atomic mass is 10.2. The van der Waals surface area contributed by atoms with E-state index in [0.717, 1.165) is 11.6 Å². The summed E-state index contributed by atoms with van der Waals surface area (Å²) >= 11 is 0. The van der Waals surface area contributed by atoms with Crippen molar-refractivity contribution in [3.8, 4) is 11.6 Å². The SMILES string of the molecule is O=C(NCc1ccccc1)c1ccnc(-n2ccc(O)cc2=O)c1. The van der Waals surface area contributed by atoms with Crippen LogP contribution in [0.5, 0.6) is 5.75 Å². The van der Waals surface area contributed by atoms with Crippen LogP contribution in [-0.2, 0) is 6.54 Å². The number of nitrogens with one attached hydrogen (secondary N) is 1. The number of nitrogens with zero attached hydrogens (tertiary/aromatic N) is 2. The van der Waals surface area contributed by atoms with Gasteiger partial charge in [-0.3, -0.25) is 14.2 Å². The minimum Gasteiger partial charge on any atom is -0.508 e. The van der Waals surface area contributed by atoms with Gasteiger partial charge in [-0.1, -0.05) is 30.3 Å². The molecule has 24 heavy (non-hydrogen) atoms. The molecular weight excluding hydrogens is 306 g/mol. The summed E-state index contributed by atoms with van der Waals surface area (Å²) in [5.74, 6) is -0.0605. The van der Waals surface area contributed by atoms with Crippen molar-refractivity contribution >= 4 is 5.91 Å². The average Bonchev–Trinajstić information content (AvgIpc) is 2.60. The highest BCUT2D eigenvalue weighted by molar-refractivity contribution is 5.94. The second-order valence-corrected chi connectivity index (χ2v) is 5.16. The van der Waals surface area contributed by atoms with Crippen molar-refractivity contribution < 1.29 is 9.90 Å². The molecule has 2 N–H and O–H groups in total. The van der Waals surface area contributed by atoms with Gasteiger partial charge in [-0.05, 0) is 23.8 Å². The first kappa shape index (κ1) is 15.5. The Balaban J connectivity index is 1.80. The van der Waals surface area contributed by atoms with E-state index in [1.54, 1.807) is 6.07 Å². The summed E-state index contributed by atoms with van der Waals surface area (Å²) in [7, 11) is 0. The minimum atomic E-state index is -0.427. The van der Waals surface area contributed by atoms with Crippen LogP contribution in [0.3, 0.4) is 0 Å². The van der Waals surface area contributed by atoms with Crippen molar-refractivity contribution in [2.24, 2.45) is 0 Å². The molecule has 0 radical (unpaired) electrons. The summed E-state index contributed by atoms with van der Waals surface area (Å²) in [6.45, 7) is 0.413. The van der Waals surface area contributed by atoms with Crippen molar-refractivity contribution in [1.29, 1.82) is 0 Å². The van der Waals surface area contributed by atoms with Gasteiger partial charge in [0.2, 0.25) is 0 Å². The van der Waals surface area contributed by atoms with E-state index in [2.05, 4.69) is 10.3 Å².